The average Bonchev–Trinajstić information content (AvgIpc) is 3.41. The minimum absolute atomic E-state index is 0.0228. The second-order valence-corrected chi connectivity index (χ2v) is 13.2. The maximum atomic E-state index is 12.7. The van der Waals surface area contributed by atoms with Gasteiger partial charge in [-0.05, 0) is 105 Å². The fourth-order valence-corrected chi connectivity index (χ4v) is 9.65. The van der Waals surface area contributed by atoms with Crippen molar-refractivity contribution in [3.05, 3.63) is 34.4 Å². The Morgan fingerprint density at radius 2 is 1.89 bits per heavy atom. The van der Waals surface area contributed by atoms with Crippen molar-refractivity contribution < 1.29 is 19.4 Å². The molecule has 9 atom stereocenters. The van der Waals surface area contributed by atoms with Crippen LogP contribution in [-0.2, 0) is 0 Å². The number of hydrogen-bond acceptors (Lipinski definition) is 5. The summed E-state index contributed by atoms with van der Waals surface area (Å²) in [4.78, 5) is 26.0. The molecule has 0 radical (unpaired) electrons. The maximum Gasteiger partial charge on any atom is 0.335 e. The number of aliphatic hydroxyl groups is 2. The smallest absolute Gasteiger partial charge is 0.335 e. The fraction of sp³-hybridized carbons (Fsp3) is 0.793. The predicted molar refractivity (Wildman–Crippen MR) is 135 cm³/mol. The number of aliphatic hydroxyl groups excluding tert-OH is 1. The molecule has 7 heteroatoms. The maximum absolute atomic E-state index is 12.7. The number of urea groups is 1. The van der Waals surface area contributed by atoms with Gasteiger partial charge in [-0.1, -0.05) is 13.8 Å². The molecule has 3 N–H and O–H groups in total. The van der Waals surface area contributed by atoms with Gasteiger partial charge in [0.25, 0.3) is 0 Å². The van der Waals surface area contributed by atoms with E-state index < -0.39 is 5.60 Å². The number of fused-ring (bicyclic) bond motifs is 5. The first-order valence-corrected chi connectivity index (χ1v) is 14.2. The number of rotatable bonds is 2. The molecule has 7 nitrogen and oxygen atoms in total. The van der Waals surface area contributed by atoms with Crippen molar-refractivity contribution in [2.75, 3.05) is 13.1 Å². The van der Waals surface area contributed by atoms with Crippen LogP contribution >= 0.6 is 0 Å². The van der Waals surface area contributed by atoms with Crippen LogP contribution in [0.2, 0.25) is 0 Å². The fourth-order valence-electron chi connectivity index (χ4n) is 9.65. The van der Waals surface area contributed by atoms with E-state index in [2.05, 4.69) is 19.2 Å². The Labute approximate surface area is 213 Å². The molecule has 0 bridgehead atoms. The Morgan fingerprint density at radius 3 is 2.61 bits per heavy atom. The van der Waals surface area contributed by atoms with Crippen LogP contribution in [-0.4, -0.2) is 52.0 Å². The van der Waals surface area contributed by atoms with Crippen LogP contribution in [0.25, 0.3) is 0 Å². The number of carbonyl (C=O) groups is 1. The molecule has 1 aliphatic heterocycles. The number of hydrogen-bond donors (Lipinski definition) is 3. The van der Waals surface area contributed by atoms with Crippen molar-refractivity contribution in [3.8, 4) is 0 Å². The molecular weight excluding hydrogens is 456 g/mol. The molecule has 0 unspecified atom stereocenters. The van der Waals surface area contributed by atoms with Gasteiger partial charge in [0.1, 0.15) is 0 Å². The monoisotopic (exact) mass is 498 g/mol. The van der Waals surface area contributed by atoms with Crippen molar-refractivity contribution >= 4 is 6.03 Å². The third-order valence-corrected chi connectivity index (χ3v) is 11.8. The van der Waals surface area contributed by atoms with E-state index in [4.69, 9.17) is 4.42 Å². The Bertz CT molecular complexity index is 1050. The van der Waals surface area contributed by atoms with Gasteiger partial charge in [-0.2, -0.15) is 0 Å². The molecular formula is C29H42N2O5. The number of β-amino-alcohol motifs (C(OH)–C–C–N with tert-alkyl or cyclic N) is 1. The minimum Gasteiger partial charge on any atom is -0.431 e. The Balaban J connectivity index is 1.17. The molecule has 0 spiro atoms. The highest BCUT2D eigenvalue weighted by atomic mass is 16.4. The summed E-state index contributed by atoms with van der Waals surface area (Å²) in [6.45, 7) is 5.82. The van der Waals surface area contributed by atoms with E-state index in [1.807, 2.05) is 6.07 Å². The van der Waals surface area contributed by atoms with Crippen LogP contribution in [0.15, 0.2) is 27.6 Å². The topological polar surface area (TPSA) is 103 Å². The van der Waals surface area contributed by atoms with Crippen LogP contribution in [0.1, 0.15) is 89.5 Å². The molecule has 1 aromatic heterocycles. The zero-order valence-corrected chi connectivity index (χ0v) is 21.7. The molecule has 6 rings (SSSR count). The lowest BCUT2D eigenvalue weighted by Gasteiger charge is -2.63. The summed E-state index contributed by atoms with van der Waals surface area (Å²) in [5.74, 6) is 1.59. The van der Waals surface area contributed by atoms with Gasteiger partial charge >= 0.3 is 11.7 Å². The number of nitrogens with one attached hydrogen (secondary N) is 1. The predicted octanol–water partition coefficient (Wildman–Crippen LogP) is 4.03. The van der Waals surface area contributed by atoms with Crippen molar-refractivity contribution in [1.82, 2.24) is 10.2 Å². The van der Waals surface area contributed by atoms with E-state index in [1.165, 1.54) is 6.07 Å². The summed E-state index contributed by atoms with van der Waals surface area (Å²) in [5, 5.41) is 25.5. The van der Waals surface area contributed by atoms with E-state index in [0.29, 0.717) is 37.3 Å². The van der Waals surface area contributed by atoms with E-state index in [1.54, 1.807) is 11.2 Å². The van der Waals surface area contributed by atoms with Gasteiger partial charge in [-0.25, -0.2) is 9.59 Å². The van der Waals surface area contributed by atoms with Crippen LogP contribution in [0, 0.1) is 28.6 Å². The van der Waals surface area contributed by atoms with E-state index in [9.17, 15) is 19.8 Å². The molecule has 5 aliphatic rings. The number of likely N-dealkylation sites (tertiary alicyclic amines) is 1. The zero-order valence-electron chi connectivity index (χ0n) is 21.7. The Morgan fingerprint density at radius 1 is 1.06 bits per heavy atom. The highest BCUT2D eigenvalue weighted by Crippen LogP contribution is 2.70. The summed E-state index contributed by atoms with van der Waals surface area (Å²) < 4.78 is 5.21. The van der Waals surface area contributed by atoms with Crippen LogP contribution in [0.5, 0.6) is 0 Å². The van der Waals surface area contributed by atoms with Crippen LogP contribution in [0.4, 0.5) is 4.79 Å². The molecule has 1 aromatic rings. The molecule has 4 aliphatic carbocycles. The number of amides is 2. The summed E-state index contributed by atoms with van der Waals surface area (Å²) >= 11 is 0. The van der Waals surface area contributed by atoms with Gasteiger partial charge in [-0.15, -0.1) is 0 Å². The minimum atomic E-state index is -0.688. The third-order valence-electron chi connectivity index (χ3n) is 11.8. The van der Waals surface area contributed by atoms with Gasteiger partial charge in [0.2, 0.25) is 0 Å². The van der Waals surface area contributed by atoms with E-state index in [-0.39, 0.29) is 40.6 Å². The second kappa shape index (κ2) is 8.59. The van der Waals surface area contributed by atoms with E-state index >= 15 is 0 Å². The van der Waals surface area contributed by atoms with Crippen molar-refractivity contribution in [1.29, 1.82) is 0 Å². The summed E-state index contributed by atoms with van der Waals surface area (Å²) in [7, 11) is 0. The number of carbonyl (C=O) groups excluding carboxylic acids is 1. The number of nitrogens with zero attached hydrogens (tertiary/aromatic N) is 1. The summed E-state index contributed by atoms with van der Waals surface area (Å²) in [6, 6.07) is 3.59. The molecule has 4 saturated carbocycles. The lowest BCUT2D eigenvalue weighted by Crippen LogP contribution is -2.62. The average molecular weight is 499 g/mol. The van der Waals surface area contributed by atoms with E-state index in [0.717, 1.165) is 63.4 Å². The highest BCUT2D eigenvalue weighted by Gasteiger charge is 2.67. The summed E-state index contributed by atoms with van der Waals surface area (Å²) in [5.41, 5.74) is 0.0303. The largest absolute Gasteiger partial charge is 0.431 e. The van der Waals surface area contributed by atoms with Gasteiger partial charge in [-0.3, -0.25) is 0 Å². The van der Waals surface area contributed by atoms with Crippen molar-refractivity contribution in [2.24, 2.45) is 28.6 Å². The van der Waals surface area contributed by atoms with Crippen molar-refractivity contribution in [2.45, 2.75) is 102 Å². The molecule has 0 aromatic carbocycles. The Kier molecular flexibility index (Phi) is 5.84. The van der Waals surface area contributed by atoms with Crippen molar-refractivity contribution in [3.63, 3.8) is 0 Å². The third kappa shape index (κ3) is 3.59. The quantitative estimate of drug-likeness (QED) is 0.571. The second-order valence-electron chi connectivity index (χ2n) is 13.2. The first kappa shape index (κ1) is 24.5. The summed E-state index contributed by atoms with van der Waals surface area (Å²) in [6.07, 6.45) is 11.0. The lowest BCUT2D eigenvalue weighted by molar-refractivity contribution is -0.201. The van der Waals surface area contributed by atoms with Crippen LogP contribution in [0.3, 0.4) is 0 Å². The molecule has 2 heterocycles. The first-order chi connectivity index (χ1) is 17.1. The standard InChI is InChI=1S/C29H42N2O5/c1-27-11-7-20(30-26(34)31-14-10-21(32)16-31)15-19(27)4-5-24-23(27)8-12-28(2)22(9-13-29(24,28)35)18-3-6-25(33)36-17-18/h3,6,17,19-24,32,35H,4-5,7-16H2,1-2H3,(H,30,34)/t19-,20+,21-,22-,23+,24-,27+,28-,29+/m1/s1. The highest BCUT2D eigenvalue weighted by molar-refractivity contribution is 5.74. The Hall–Kier alpha value is -1.86. The molecule has 1 saturated heterocycles. The van der Waals surface area contributed by atoms with Gasteiger partial charge in [0, 0.05) is 30.6 Å². The van der Waals surface area contributed by atoms with Gasteiger partial charge < -0.3 is 24.8 Å². The molecule has 5 fully saturated rings. The lowest BCUT2D eigenvalue weighted by atomic mass is 9.43. The molecule has 36 heavy (non-hydrogen) atoms. The normalized spacial score (nSPS) is 46.1. The van der Waals surface area contributed by atoms with Gasteiger partial charge in [0.15, 0.2) is 0 Å². The SMILES string of the molecule is C[C@]12CC[C@H](NC(=O)N3CC[C@@H](O)C3)C[C@H]1CC[C@@H]1[C@@H]2CC[C@]2(C)[C@@H](c3ccc(=O)oc3)CC[C@]12O. The molecule has 2 amide bonds. The zero-order chi connectivity index (χ0) is 25.3. The van der Waals surface area contributed by atoms with Gasteiger partial charge in [0.05, 0.1) is 18.0 Å². The molecule has 198 valence electrons. The van der Waals surface area contributed by atoms with Crippen LogP contribution < -0.4 is 10.9 Å². The first-order valence-electron chi connectivity index (χ1n) is 14.2.